The highest BCUT2D eigenvalue weighted by Crippen LogP contribution is 2.26. The molecule has 1 atom stereocenters. The number of benzene rings is 1. The van der Waals surface area contributed by atoms with Gasteiger partial charge < -0.3 is 15.8 Å². The van der Waals surface area contributed by atoms with Gasteiger partial charge in [-0.1, -0.05) is 18.6 Å². The predicted molar refractivity (Wildman–Crippen MR) is 95.9 cm³/mol. The van der Waals surface area contributed by atoms with Gasteiger partial charge in [0.2, 0.25) is 0 Å². The van der Waals surface area contributed by atoms with Crippen LogP contribution in [0.2, 0.25) is 0 Å². The number of aliphatic imine (C=N–C) groups is 1. The fraction of sp³-hybridized carbons (Fsp3) is 0.611. The molecule has 3 N–H and O–H groups in total. The van der Waals surface area contributed by atoms with Gasteiger partial charge in [-0.15, -0.1) is 0 Å². The van der Waals surface area contributed by atoms with E-state index >= 15 is 0 Å². The van der Waals surface area contributed by atoms with Crippen molar-refractivity contribution in [1.82, 2.24) is 10.2 Å². The molecule has 1 aromatic carbocycles. The second kappa shape index (κ2) is 8.77. The number of nitrogens with two attached hydrogens (primary N) is 1. The third-order valence-electron chi connectivity index (χ3n) is 4.20. The van der Waals surface area contributed by atoms with Gasteiger partial charge in [0.05, 0.1) is 19.7 Å². The molecule has 1 unspecified atom stereocenters. The lowest BCUT2D eigenvalue weighted by Gasteiger charge is -2.34. The minimum Gasteiger partial charge on any atom is -0.497 e. The quantitative estimate of drug-likeness (QED) is 0.625. The summed E-state index contributed by atoms with van der Waals surface area (Å²) in [4.78, 5) is 7.09. The van der Waals surface area contributed by atoms with Crippen LogP contribution in [0.3, 0.4) is 0 Å². The van der Waals surface area contributed by atoms with Crippen LogP contribution in [0.15, 0.2) is 29.3 Å². The molecule has 0 radical (unpaired) electrons. The lowest BCUT2D eigenvalue weighted by molar-refractivity contribution is 0.167. The molecule has 0 bridgehead atoms. The van der Waals surface area contributed by atoms with Crippen molar-refractivity contribution in [3.8, 4) is 5.75 Å². The van der Waals surface area contributed by atoms with Crippen LogP contribution in [0.5, 0.6) is 5.75 Å². The van der Waals surface area contributed by atoms with Crippen molar-refractivity contribution in [3.63, 3.8) is 0 Å². The highest BCUT2D eigenvalue weighted by molar-refractivity contribution is 5.78. The molecule has 128 valence electrons. The summed E-state index contributed by atoms with van der Waals surface area (Å²) in [6.07, 6.45) is 3.85. The minimum absolute atomic E-state index is 0.272. The van der Waals surface area contributed by atoms with E-state index in [1.54, 1.807) is 7.11 Å². The fourth-order valence-corrected chi connectivity index (χ4v) is 3.01. The van der Waals surface area contributed by atoms with E-state index in [-0.39, 0.29) is 6.04 Å². The maximum Gasteiger partial charge on any atom is 0.188 e. The summed E-state index contributed by atoms with van der Waals surface area (Å²) in [5.74, 6) is 1.41. The van der Waals surface area contributed by atoms with E-state index in [9.17, 15) is 0 Å². The summed E-state index contributed by atoms with van der Waals surface area (Å²) in [5, 5.41) is 3.16. The molecule has 23 heavy (non-hydrogen) atoms. The Morgan fingerprint density at radius 1 is 1.22 bits per heavy atom. The highest BCUT2D eigenvalue weighted by Gasteiger charge is 2.22. The SMILES string of the molecule is COc1ccc(C(CN=C(N)NC(C)C)N2CCCCC2)cc1. The molecule has 0 spiro atoms. The van der Waals surface area contributed by atoms with Gasteiger partial charge in [0, 0.05) is 6.04 Å². The molecule has 0 amide bonds. The number of piperidine rings is 1. The first-order chi connectivity index (χ1) is 11.1. The molecule has 2 rings (SSSR count). The Kier molecular flexibility index (Phi) is 6.71. The third kappa shape index (κ3) is 5.43. The maximum absolute atomic E-state index is 5.98. The van der Waals surface area contributed by atoms with Crippen LogP contribution < -0.4 is 15.8 Å². The van der Waals surface area contributed by atoms with Crippen molar-refractivity contribution >= 4 is 5.96 Å². The number of nitrogens with one attached hydrogen (secondary N) is 1. The normalized spacial score (nSPS) is 18.0. The van der Waals surface area contributed by atoms with Crippen LogP contribution in [0.4, 0.5) is 0 Å². The van der Waals surface area contributed by atoms with Crippen molar-refractivity contribution in [2.75, 3.05) is 26.7 Å². The zero-order valence-electron chi connectivity index (χ0n) is 14.6. The van der Waals surface area contributed by atoms with E-state index < -0.39 is 0 Å². The highest BCUT2D eigenvalue weighted by atomic mass is 16.5. The molecule has 5 nitrogen and oxygen atoms in total. The minimum atomic E-state index is 0.272. The first kappa shape index (κ1) is 17.6. The molecule has 1 aliphatic heterocycles. The first-order valence-corrected chi connectivity index (χ1v) is 8.54. The summed E-state index contributed by atoms with van der Waals surface area (Å²) in [6, 6.07) is 8.89. The summed E-state index contributed by atoms with van der Waals surface area (Å²) in [5.41, 5.74) is 7.25. The van der Waals surface area contributed by atoms with E-state index in [0.717, 1.165) is 18.8 Å². The molecule has 0 aromatic heterocycles. The Balaban J connectivity index is 2.13. The molecular formula is C18H30N4O. The molecule has 1 heterocycles. The lowest BCUT2D eigenvalue weighted by Crippen LogP contribution is -2.39. The smallest absolute Gasteiger partial charge is 0.188 e. The van der Waals surface area contributed by atoms with Gasteiger partial charge in [0.15, 0.2) is 5.96 Å². The Morgan fingerprint density at radius 2 is 1.87 bits per heavy atom. The summed E-state index contributed by atoms with van der Waals surface area (Å²) in [7, 11) is 1.69. The van der Waals surface area contributed by atoms with Crippen LogP contribution in [0.25, 0.3) is 0 Å². The second-order valence-electron chi connectivity index (χ2n) is 6.41. The molecule has 1 aromatic rings. The zero-order chi connectivity index (χ0) is 16.7. The van der Waals surface area contributed by atoms with Gasteiger partial charge in [-0.2, -0.15) is 0 Å². The van der Waals surface area contributed by atoms with E-state index in [2.05, 4.69) is 41.2 Å². The summed E-state index contributed by atoms with van der Waals surface area (Å²) in [6.45, 7) is 7.06. The number of ether oxygens (including phenoxy) is 1. The van der Waals surface area contributed by atoms with Crippen molar-refractivity contribution in [3.05, 3.63) is 29.8 Å². The Bertz CT molecular complexity index is 492. The van der Waals surface area contributed by atoms with Gasteiger partial charge in [-0.3, -0.25) is 9.89 Å². The predicted octanol–water partition coefficient (Wildman–Crippen LogP) is 2.53. The first-order valence-electron chi connectivity index (χ1n) is 8.54. The van der Waals surface area contributed by atoms with Crippen molar-refractivity contribution < 1.29 is 4.74 Å². The number of guanidine groups is 1. The van der Waals surface area contributed by atoms with E-state index in [0.29, 0.717) is 18.5 Å². The van der Waals surface area contributed by atoms with Gasteiger partial charge in [-0.25, -0.2) is 0 Å². The van der Waals surface area contributed by atoms with Crippen molar-refractivity contribution in [2.24, 2.45) is 10.7 Å². The van der Waals surface area contributed by atoms with Gasteiger partial charge in [0.25, 0.3) is 0 Å². The summed E-state index contributed by atoms with van der Waals surface area (Å²) < 4.78 is 5.27. The van der Waals surface area contributed by atoms with Crippen LogP contribution in [0.1, 0.15) is 44.7 Å². The largest absolute Gasteiger partial charge is 0.497 e. The van der Waals surface area contributed by atoms with Crippen LogP contribution in [0, 0.1) is 0 Å². The standard InChI is InChI=1S/C18H30N4O/c1-14(2)21-18(19)20-13-17(22-11-5-4-6-12-22)15-7-9-16(23-3)10-8-15/h7-10,14,17H,4-6,11-13H2,1-3H3,(H3,19,20,21). The Hall–Kier alpha value is -1.75. The van der Waals surface area contributed by atoms with Crippen LogP contribution in [-0.2, 0) is 0 Å². The zero-order valence-corrected chi connectivity index (χ0v) is 14.6. The second-order valence-corrected chi connectivity index (χ2v) is 6.41. The molecule has 1 fully saturated rings. The maximum atomic E-state index is 5.98. The molecule has 0 saturated carbocycles. The number of hydrogen-bond acceptors (Lipinski definition) is 3. The van der Waals surface area contributed by atoms with E-state index in [1.165, 1.54) is 24.8 Å². The van der Waals surface area contributed by atoms with Crippen molar-refractivity contribution in [2.45, 2.75) is 45.2 Å². The fourth-order valence-electron chi connectivity index (χ4n) is 3.01. The molecule has 5 heteroatoms. The molecular weight excluding hydrogens is 288 g/mol. The monoisotopic (exact) mass is 318 g/mol. The average molecular weight is 318 g/mol. The van der Waals surface area contributed by atoms with Gasteiger partial charge in [0.1, 0.15) is 5.75 Å². The molecule has 1 aliphatic rings. The van der Waals surface area contributed by atoms with Crippen molar-refractivity contribution in [1.29, 1.82) is 0 Å². The summed E-state index contributed by atoms with van der Waals surface area (Å²) >= 11 is 0. The number of nitrogens with zero attached hydrogens (tertiary/aromatic N) is 2. The third-order valence-corrected chi connectivity index (χ3v) is 4.20. The Morgan fingerprint density at radius 3 is 2.43 bits per heavy atom. The number of likely N-dealkylation sites (tertiary alicyclic amines) is 1. The number of hydrogen-bond donors (Lipinski definition) is 2. The van der Waals surface area contributed by atoms with Gasteiger partial charge in [-0.05, 0) is 57.5 Å². The topological polar surface area (TPSA) is 62.9 Å². The Labute approximate surface area is 139 Å². The number of rotatable bonds is 6. The van der Waals surface area contributed by atoms with E-state index in [1.807, 2.05) is 12.1 Å². The van der Waals surface area contributed by atoms with E-state index in [4.69, 9.17) is 10.5 Å². The van der Waals surface area contributed by atoms with Crippen LogP contribution >= 0.6 is 0 Å². The van der Waals surface area contributed by atoms with Gasteiger partial charge >= 0.3 is 0 Å². The lowest BCUT2D eigenvalue weighted by atomic mass is 10.0. The molecule has 0 aliphatic carbocycles. The molecule has 1 saturated heterocycles. The number of methoxy groups -OCH3 is 1. The van der Waals surface area contributed by atoms with Crippen LogP contribution in [-0.4, -0.2) is 43.6 Å². The average Bonchev–Trinajstić information content (AvgIpc) is 2.56.